The van der Waals surface area contributed by atoms with Crippen molar-refractivity contribution in [3.05, 3.63) is 0 Å². The van der Waals surface area contributed by atoms with E-state index in [0.29, 0.717) is 0 Å². The monoisotopic (exact) mass is 552 g/mol. The number of fused-ring (bicyclic) bond motifs is 3. The van der Waals surface area contributed by atoms with Crippen molar-refractivity contribution < 1.29 is 42.9 Å². The van der Waals surface area contributed by atoms with E-state index in [0.717, 1.165) is 0 Å². The molecular weight excluding hydrogens is 500 g/mol. The number of rotatable bonds is 18. The van der Waals surface area contributed by atoms with Gasteiger partial charge in [0.25, 0.3) is 0 Å². The van der Waals surface area contributed by atoms with Crippen LogP contribution in [0.4, 0.5) is 0 Å². The average Bonchev–Trinajstić information content (AvgIpc) is 2.73. The van der Waals surface area contributed by atoms with Crippen molar-refractivity contribution in [2.45, 2.75) is 117 Å². The third-order valence-electron chi connectivity index (χ3n) is 8.12. The van der Waals surface area contributed by atoms with Gasteiger partial charge >= 0.3 is 0 Å². The van der Waals surface area contributed by atoms with E-state index < -0.39 is 0 Å². The van der Waals surface area contributed by atoms with Gasteiger partial charge in [0.15, 0.2) is 0 Å². The number of hydrogen-bond acceptors (Lipinski definition) is 0. The molecular formula is C26H54Br2N2. The van der Waals surface area contributed by atoms with Crippen LogP contribution in [0.15, 0.2) is 0 Å². The Labute approximate surface area is 211 Å². The molecule has 3 saturated heterocycles. The van der Waals surface area contributed by atoms with Crippen LogP contribution in [0.1, 0.15) is 117 Å². The second kappa shape index (κ2) is 18.3. The Hall–Kier alpha value is 0.880. The number of unbranched alkanes of at least 4 members (excludes halogenated alkanes) is 14. The SMILES string of the molecule is CCCCCCCCCC[N+]12CC[N+](CCCCCCCCCC)(CC1)CC2.[Br-].[Br-]. The van der Waals surface area contributed by atoms with Crippen molar-refractivity contribution >= 4 is 0 Å². The van der Waals surface area contributed by atoms with Crippen molar-refractivity contribution in [3.63, 3.8) is 0 Å². The summed E-state index contributed by atoms with van der Waals surface area (Å²) in [5, 5.41) is 0. The quantitative estimate of drug-likeness (QED) is 0.175. The smallest absolute Gasteiger partial charge is 0.129 e. The first-order valence-corrected chi connectivity index (χ1v) is 13.4. The molecule has 3 aliphatic rings. The highest BCUT2D eigenvalue weighted by Gasteiger charge is 2.47. The number of halogens is 2. The molecule has 2 bridgehead atoms. The molecule has 0 N–H and O–H groups in total. The maximum atomic E-state index is 2.31. The fourth-order valence-electron chi connectivity index (χ4n) is 5.78. The first kappa shape index (κ1) is 30.9. The third kappa shape index (κ3) is 11.7. The van der Waals surface area contributed by atoms with Gasteiger partial charge in [0.2, 0.25) is 0 Å². The highest BCUT2D eigenvalue weighted by molar-refractivity contribution is 4.63. The largest absolute Gasteiger partial charge is 1.00 e. The number of piperazine rings is 3. The minimum absolute atomic E-state index is 0. The molecule has 30 heavy (non-hydrogen) atoms. The molecule has 0 unspecified atom stereocenters. The zero-order valence-corrected chi connectivity index (χ0v) is 23.8. The summed E-state index contributed by atoms with van der Waals surface area (Å²) in [4.78, 5) is 0. The highest BCUT2D eigenvalue weighted by atomic mass is 79.9. The summed E-state index contributed by atoms with van der Waals surface area (Å²) in [6.07, 6.45) is 23.4. The molecule has 3 fully saturated rings. The lowest BCUT2D eigenvalue weighted by molar-refractivity contribution is -1.08. The Morgan fingerprint density at radius 2 is 0.600 bits per heavy atom. The number of quaternary nitrogens is 2. The van der Waals surface area contributed by atoms with Crippen LogP contribution >= 0.6 is 0 Å². The minimum Gasteiger partial charge on any atom is -1.00 e. The van der Waals surface area contributed by atoms with Gasteiger partial charge in [-0.3, -0.25) is 0 Å². The lowest BCUT2D eigenvalue weighted by Crippen LogP contribution is -3.00. The van der Waals surface area contributed by atoms with Gasteiger partial charge in [0.05, 0.1) is 13.1 Å². The summed E-state index contributed by atoms with van der Waals surface area (Å²) in [5.41, 5.74) is 0. The van der Waals surface area contributed by atoms with Gasteiger partial charge in [-0.2, -0.15) is 0 Å². The van der Waals surface area contributed by atoms with Crippen molar-refractivity contribution in [3.8, 4) is 0 Å². The van der Waals surface area contributed by atoms with Crippen molar-refractivity contribution in [1.29, 1.82) is 0 Å². The summed E-state index contributed by atoms with van der Waals surface area (Å²) in [7, 11) is 0. The zero-order valence-electron chi connectivity index (χ0n) is 20.6. The Kier molecular flexibility index (Phi) is 18.9. The summed E-state index contributed by atoms with van der Waals surface area (Å²) in [6, 6.07) is 0. The van der Waals surface area contributed by atoms with E-state index in [4.69, 9.17) is 0 Å². The van der Waals surface area contributed by atoms with Crippen LogP contribution in [-0.2, 0) is 0 Å². The number of hydrogen-bond donors (Lipinski definition) is 0. The lowest BCUT2D eigenvalue weighted by Gasteiger charge is -2.55. The van der Waals surface area contributed by atoms with Crippen LogP contribution < -0.4 is 34.0 Å². The maximum Gasteiger partial charge on any atom is 0.129 e. The molecule has 0 aliphatic carbocycles. The standard InChI is InChI=1S/C26H54N2.2BrH/c1-3-5-7-9-11-13-15-17-19-27-21-24-28(25-22-27,26-23-27)20-18-16-14-12-10-8-6-4-2;;/h3-26H2,1-2H3;2*1H/q+2;;/p-2. The first-order valence-electron chi connectivity index (χ1n) is 13.4. The Bertz CT molecular complexity index is 329. The van der Waals surface area contributed by atoms with E-state index in [1.54, 1.807) is 0 Å². The van der Waals surface area contributed by atoms with Gasteiger partial charge in [0.1, 0.15) is 39.3 Å². The molecule has 0 spiro atoms. The van der Waals surface area contributed by atoms with Gasteiger partial charge in [0, 0.05) is 0 Å². The van der Waals surface area contributed by atoms with Gasteiger partial charge in [-0.25, -0.2) is 0 Å². The van der Waals surface area contributed by atoms with E-state index in [1.807, 2.05) is 0 Å². The Morgan fingerprint density at radius 3 is 0.867 bits per heavy atom. The Morgan fingerprint density at radius 1 is 0.367 bits per heavy atom. The predicted molar refractivity (Wildman–Crippen MR) is 125 cm³/mol. The fourth-order valence-corrected chi connectivity index (χ4v) is 5.78. The number of nitrogens with zero attached hydrogens (tertiary/aromatic N) is 2. The van der Waals surface area contributed by atoms with Crippen LogP contribution in [0.5, 0.6) is 0 Å². The van der Waals surface area contributed by atoms with E-state index in [9.17, 15) is 0 Å². The fraction of sp³-hybridized carbons (Fsp3) is 1.00. The molecule has 0 aromatic carbocycles. The first-order chi connectivity index (χ1) is 13.7. The van der Waals surface area contributed by atoms with E-state index in [2.05, 4.69) is 13.8 Å². The topological polar surface area (TPSA) is 0 Å². The van der Waals surface area contributed by atoms with Crippen molar-refractivity contribution in [1.82, 2.24) is 0 Å². The van der Waals surface area contributed by atoms with E-state index in [-0.39, 0.29) is 34.0 Å². The van der Waals surface area contributed by atoms with Gasteiger partial charge in [-0.15, -0.1) is 0 Å². The molecule has 4 heteroatoms. The molecule has 0 atom stereocenters. The molecule has 3 heterocycles. The third-order valence-corrected chi connectivity index (χ3v) is 8.12. The molecule has 3 aliphatic heterocycles. The molecule has 0 aromatic rings. The average molecular weight is 555 g/mol. The van der Waals surface area contributed by atoms with E-state index in [1.165, 1.54) is 164 Å². The second-order valence-electron chi connectivity index (χ2n) is 10.4. The summed E-state index contributed by atoms with van der Waals surface area (Å²) in [5.74, 6) is 0. The Balaban J connectivity index is 0.00000420. The van der Waals surface area contributed by atoms with Gasteiger partial charge in [-0.05, 0) is 25.7 Å². The second-order valence-corrected chi connectivity index (χ2v) is 10.4. The molecule has 0 aromatic heterocycles. The summed E-state index contributed by atoms with van der Waals surface area (Å²) in [6.45, 7) is 16.6. The minimum atomic E-state index is 0. The molecule has 2 nitrogen and oxygen atoms in total. The molecule has 0 radical (unpaired) electrons. The molecule has 182 valence electrons. The zero-order chi connectivity index (χ0) is 20.0. The normalized spacial score (nSPS) is 25.0. The summed E-state index contributed by atoms with van der Waals surface area (Å²) < 4.78 is 2.99. The van der Waals surface area contributed by atoms with Gasteiger partial charge in [-0.1, -0.05) is 90.9 Å². The maximum absolute atomic E-state index is 2.31. The van der Waals surface area contributed by atoms with Crippen LogP contribution in [0.25, 0.3) is 0 Å². The molecule has 0 amide bonds. The summed E-state index contributed by atoms with van der Waals surface area (Å²) >= 11 is 0. The van der Waals surface area contributed by atoms with Crippen molar-refractivity contribution in [2.75, 3.05) is 52.4 Å². The molecule has 3 rings (SSSR count). The van der Waals surface area contributed by atoms with Crippen LogP contribution in [0, 0.1) is 0 Å². The van der Waals surface area contributed by atoms with Crippen LogP contribution in [-0.4, -0.2) is 61.3 Å². The van der Waals surface area contributed by atoms with E-state index >= 15 is 0 Å². The highest BCUT2D eigenvalue weighted by Crippen LogP contribution is 2.28. The predicted octanol–water partition coefficient (Wildman–Crippen LogP) is 0.937. The van der Waals surface area contributed by atoms with Crippen molar-refractivity contribution in [2.24, 2.45) is 0 Å². The van der Waals surface area contributed by atoms with Gasteiger partial charge < -0.3 is 42.9 Å². The lowest BCUT2D eigenvalue weighted by atomic mass is 10.0. The van der Waals surface area contributed by atoms with Crippen LogP contribution in [0.2, 0.25) is 0 Å². The molecule has 0 saturated carbocycles. The van der Waals surface area contributed by atoms with Crippen LogP contribution in [0.3, 0.4) is 0 Å².